The van der Waals surface area contributed by atoms with Crippen LogP contribution < -0.4 is 9.88 Å². The first-order chi connectivity index (χ1) is 13.2. The minimum Gasteiger partial charge on any atom is -0.289 e. The first-order valence-corrected chi connectivity index (χ1v) is 9.41. The Morgan fingerprint density at radius 3 is 2.48 bits per heavy atom. The number of aromatic amines is 1. The molecule has 2 aromatic heterocycles. The molecule has 0 atom stereocenters. The Hall–Kier alpha value is -2.86. The highest BCUT2D eigenvalue weighted by atomic mass is 35.5. The van der Waals surface area contributed by atoms with Gasteiger partial charge in [0.15, 0.2) is 0 Å². The highest BCUT2D eigenvalue weighted by Crippen LogP contribution is 2.22. The Balaban J connectivity index is 1.44. The van der Waals surface area contributed by atoms with E-state index < -0.39 is 0 Å². The van der Waals surface area contributed by atoms with Crippen molar-refractivity contribution in [2.45, 2.75) is 6.92 Å². The van der Waals surface area contributed by atoms with Crippen LogP contribution in [0.3, 0.4) is 0 Å². The third-order valence-corrected chi connectivity index (χ3v) is 5.05. The van der Waals surface area contributed by atoms with E-state index in [1.54, 1.807) is 4.68 Å². The van der Waals surface area contributed by atoms with Crippen LogP contribution in [0.25, 0.3) is 5.69 Å². The number of pyridine rings is 1. The van der Waals surface area contributed by atoms with Crippen molar-refractivity contribution in [3.63, 3.8) is 0 Å². The van der Waals surface area contributed by atoms with Gasteiger partial charge in [0.2, 0.25) is 0 Å². The summed E-state index contributed by atoms with van der Waals surface area (Å²) < 4.78 is 1.75. The van der Waals surface area contributed by atoms with Gasteiger partial charge in [-0.25, -0.2) is 9.67 Å². The van der Waals surface area contributed by atoms with Crippen LogP contribution in [0.1, 0.15) is 11.3 Å². The van der Waals surface area contributed by atoms with Gasteiger partial charge in [-0.1, -0.05) is 35.9 Å². The lowest BCUT2D eigenvalue weighted by molar-refractivity contribution is -0.364. The molecular weight excluding hydrogens is 360 g/mol. The molecule has 27 heavy (non-hydrogen) atoms. The lowest BCUT2D eigenvalue weighted by Crippen LogP contribution is -2.45. The van der Waals surface area contributed by atoms with Crippen LogP contribution in [0.15, 0.2) is 59.8 Å². The first kappa shape index (κ1) is 17.5. The van der Waals surface area contributed by atoms with Crippen LogP contribution in [0.4, 0.5) is 5.82 Å². The fourth-order valence-corrected chi connectivity index (χ4v) is 3.49. The van der Waals surface area contributed by atoms with Crippen molar-refractivity contribution in [2.24, 2.45) is 5.10 Å². The summed E-state index contributed by atoms with van der Waals surface area (Å²) in [6, 6.07) is 16.0. The molecular formula is C20H22ClN6+. The third-order valence-electron chi connectivity index (χ3n) is 4.69. The van der Waals surface area contributed by atoms with E-state index in [-0.39, 0.29) is 0 Å². The highest BCUT2D eigenvalue weighted by Gasteiger charge is 2.22. The average molecular weight is 382 g/mol. The molecule has 1 aliphatic rings. The summed E-state index contributed by atoms with van der Waals surface area (Å²) in [5, 5.41) is 11.9. The number of halogens is 1. The van der Waals surface area contributed by atoms with E-state index in [1.165, 1.54) is 0 Å². The largest absolute Gasteiger partial charge is 0.289 e. The molecule has 7 heteroatoms. The highest BCUT2D eigenvalue weighted by molar-refractivity contribution is 6.32. The van der Waals surface area contributed by atoms with Gasteiger partial charge < -0.3 is 0 Å². The lowest BCUT2D eigenvalue weighted by Gasteiger charge is -2.28. The number of benzene rings is 1. The molecule has 0 saturated carbocycles. The molecule has 1 saturated heterocycles. The van der Waals surface area contributed by atoms with Crippen molar-refractivity contribution >= 4 is 23.6 Å². The second-order valence-corrected chi connectivity index (χ2v) is 6.83. The standard InChI is InChI=1S/C20H21ClN6/c1-16-18(20(21)27(24-16)17-7-3-2-4-8-17)15-23-26-13-11-25(12-14-26)19-9-5-6-10-22-19/h2-10,15H,11-14H2,1H3/p+1/b23-15-. The predicted octanol–water partition coefficient (Wildman–Crippen LogP) is 2.80. The number of hydrogen-bond acceptors (Lipinski definition) is 4. The summed E-state index contributed by atoms with van der Waals surface area (Å²) in [7, 11) is 0. The average Bonchev–Trinajstić information content (AvgIpc) is 3.02. The third kappa shape index (κ3) is 3.80. The number of para-hydroxylation sites is 1. The van der Waals surface area contributed by atoms with Crippen molar-refractivity contribution in [3.8, 4) is 5.69 Å². The number of H-pyrrole nitrogens is 1. The van der Waals surface area contributed by atoms with Gasteiger partial charge in [-0.15, -0.1) is 0 Å². The molecule has 4 rings (SSSR count). The van der Waals surface area contributed by atoms with Crippen molar-refractivity contribution in [1.82, 2.24) is 14.8 Å². The van der Waals surface area contributed by atoms with E-state index in [4.69, 9.17) is 11.6 Å². The van der Waals surface area contributed by atoms with Crippen LogP contribution in [0.5, 0.6) is 0 Å². The first-order valence-electron chi connectivity index (χ1n) is 9.03. The fourth-order valence-electron chi connectivity index (χ4n) is 3.17. The van der Waals surface area contributed by atoms with Gasteiger partial charge in [0.25, 0.3) is 5.82 Å². The molecule has 0 radical (unpaired) electrons. The Labute approximate surface area is 163 Å². The van der Waals surface area contributed by atoms with Gasteiger partial charge in [-0.2, -0.15) is 10.2 Å². The summed E-state index contributed by atoms with van der Waals surface area (Å²) in [4.78, 5) is 5.62. The maximum absolute atomic E-state index is 6.56. The molecule has 0 bridgehead atoms. The number of nitrogens with zero attached hydrogens (tertiary/aromatic N) is 5. The zero-order valence-electron chi connectivity index (χ0n) is 15.2. The minimum absolute atomic E-state index is 0.583. The second-order valence-electron chi connectivity index (χ2n) is 6.47. The summed E-state index contributed by atoms with van der Waals surface area (Å²) in [6.07, 6.45) is 3.78. The molecule has 1 fully saturated rings. The normalized spacial score (nSPS) is 14.9. The summed E-state index contributed by atoms with van der Waals surface area (Å²) in [6.45, 7) is 5.53. The van der Waals surface area contributed by atoms with Gasteiger partial charge in [0, 0.05) is 6.07 Å². The Morgan fingerprint density at radius 1 is 1.04 bits per heavy atom. The van der Waals surface area contributed by atoms with Crippen LogP contribution in [-0.4, -0.2) is 47.2 Å². The van der Waals surface area contributed by atoms with Gasteiger partial charge in [0.1, 0.15) is 18.2 Å². The number of aryl methyl sites for hydroxylation is 1. The summed E-state index contributed by atoms with van der Waals surface area (Å²) in [5.41, 5.74) is 2.67. The van der Waals surface area contributed by atoms with Crippen molar-refractivity contribution in [1.29, 1.82) is 0 Å². The zero-order valence-corrected chi connectivity index (χ0v) is 16.0. The Bertz CT molecular complexity index is 914. The molecule has 3 aromatic rings. The van der Waals surface area contributed by atoms with E-state index in [2.05, 4.69) is 31.2 Å². The molecule has 3 heterocycles. The smallest absolute Gasteiger partial charge is 0.274 e. The van der Waals surface area contributed by atoms with Gasteiger partial charge in [0.05, 0.1) is 42.4 Å². The van der Waals surface area contributed by atoms with Crippen LogP contribution in [-0.2, 0) is 0 Å². The summed E-state index contributed by atoms with van der Waals surface area (Å²) >= 11 is 6.56. The number of anilines is 1. The zero-order chi connectivity index (χ0) is 18.6. The molecule has 138 valence electrons. The summed E-state index contributed by atoms with van der Waals surface area (Å²) in [5.74, 6) is 1.14. The van der Waals surface area contributed by atoms with Crippen molar-refractivity contribution in [3.05, 3.63) is 71.1 Å². The number of hydrazone groups is 1. The van der Waals surface area contributed by atoms with Gasteiger partial charge in [-0.3, -0.25) is 9.91 Å². The molecule has 0 spiro atoms. The molecule has 1 N–H and O–H groups in total. The maximum atomic E-state index is 6.56. The Kier molecular flexibility index (Phi) is 5.07. The number of piperazine rings is 1. The van der Waals surface area contributed by atoms with Crippen molar-refractivity contribution in [2.75, 3.05) is 31.1 Å². The van der Waals surface area contributed by atoms with E-state index in [1.807, 2.05) is 61.8 Å². The quantitative estimate of drug-likeness (QED) is 0.653. The van der Waals surface area contributed by atoms with Crippen LogP contribution in [0.2, 0.25) is 5.15 Å². The van der Waals surface area contributed by atoms with E-state index in [0.29, 0.717) is 5.15 Å². The number of aromatic nitrogens is 3. The number of rotatable bonds is 4. The molecule has 6 nitrogen and oxygen atoms in total. The predicted molar refractivity (Wildman–Crippen MR) is 108 cm³/mol. The number of nitrogens with one attached hydrogen (secondary N) is 1. The minimum atomic E-state index is 0.583. The van der Waals surface area contributed by atoms with Crippen molar-refractivity contribution < 1.29 is 4.98 Å². The lowest BCUT2D eigenvalue weighted by atomic mass is 10.3. The SMILES string of the molecule is Cc1nn(-c2ccccc2)c(Cl)c1/C=N\N1CCN(c2cccc[nH+]2)CC1. The molecule has 1 aromatic carbocycles. The Morgan fingerprint density at radius 2 is 1.78 bits per heavy atom. The molecule has 0 aliphatic carbocycles. The topological polar surface area (TPSA) is 50.8 Å². The van der Waals surface area contributed by atoms with Crippen LogP contribution in [0, 0.1) is 6.92 Å². The monoisotopic (exact) mass is 381 g/mol. The van der Waals surface area contributed by atoms with E-state index in [9.17, 15) is 0 Å². The number of hydrogen-bond donors (Lipinski definition) is 0. The molecule has 0 amide bonds. The molecule has 0 unspecified atom stereocenters. The maximum Gasteiger partial charge on any atom is 0.274 e. The molecule has 1 aliphatic heterocycles. The van der Waals surface area contributed by atoms with E-state index in [0.717, 1.165) is 48.9 Å². The van der Waals surface area contributed by atoms with Gasteiger partial charge >= 0.3 is 0 Å². The van der Waals surface area contributed by atoms with Gasteiger partial charge in [-0.05, 0) is 25.1 Å². The second kappa shape index (κ2) is 7.80. The van der Waals surface area contributed by atoms with E-state index >= 15 is 0 Å². The fraction of sp³-hybridized carbons (Fsp3) is 0.250. The van der Waals surface area contributed by atoms with Crippen LogP contribution >= 0.6 is 11.6 Å².